The zero-order valence-electron chi connectivity index (χ0n) is 14.5. The lowest BCUT2D eigenvalue weighted by Gasteiger charge is -2.28. The molecule has 124 valence electrons. The van der Waals surface area contributed by atoms with Crippen molar-refractivity contribution in [2.75, 3.05) is 13.7 Å². The van der Waals surface area contributed by atoms with Gasteiger partial charge in [-0.15, -0.1) is 0 Å². The number of aromatic nitrogens is 4. The van der Waals surface area contributed by atoms with Gasteiger partial charge in [0.2, 0.25) is 5.88 Å². The quantitative estimate of drug-likeness (QED) is 0.847. The smallest absolute Gasteiger partial charge is 0.220 e. The van der Waals surface area contributed by atoms with Gasteiger partial charge in [0, 0.05) is 49.4 Å². The molecule has 0 unspecified atom stereocenters. The molecule has 2 aromatic rings. The van der Waals surface area contributed by atoms with Gasteiger partial charge >= 0.3 is 0 Å². The second-order valence-electron chi connectivity index (χ2n) is 6.14. The highest BCUT2D eigenvalue weighted by atomic mass is 16.5. The second kappa shape index (κ2) is 6.66. The number of fused-ring (bicyclic) bond motifs is 1. The number of rotatable bonds is 5. The van der Waals surface area contributed by atoms with E-state index in [1.807, 2.05) is 0 Å². The molecule has 0 spiro atoms. The molecule has 0 saturated heterocycles. The second-order valence-corrected chi connectivity index (χ2v) is 6.14. The van der Waals surface area contributed by atoms with Crippen LogP contribution in [0.3, 0.4) is 0 Å². The molecular weight excluding hydrogens is 290 g/mol. The number of nitrogens with zero attached hydrogens (tertiary/aromatic N) is 5. The number of hydrogen-bond donors (Lipinski definition) is 0. The van der Waals surface area contributed by atoms with E-state index in [9.17, 15) is 0 Å². The first-order valence-electron chi connectivity index (χ1n) is 8.26. The van der Waals surface area contributed by atoms with Crippen LogP contribution in [0.1, 0.15) is 41.6 Å². The molecule has 0 atom stereocenters. The molecular formula is C17H25N5O. The van der Waals surface area contributed by atoms with Crippen LogP contribution in [0, 0.1) is 13.8 Å². The van der Waals surface area contributed by atoms with E-state index in [1.54, 1.807) is 13.4 Å². The van der Waals surface area contributed by atoms with E-state index in [0.29, 0.717) is 5.88 Å². The summed E-state index contributed by atoms with van der Waals surface area (Å²) in [5.41, 5.74) is 6.00. The summed E-state index contributed by atoms with van der Waals surface area (Å²) in [5, 5.41) is 4.68. The summed E-state index contributed by atoms with van der Waals surface area (Å²) in [6.45, 7) is 10.2. The number of methoxy groups -OCH3 is 1. The van der Waals surface area contributed by atoms with Crippen molar-refractivity contribution < 1.29 is 4.74 Å². The standard InChI is InChI=1S/C17H25N5O/c1-5-7-22-13(3)14(12(2)20-22)9-21-8-6-16-15(10-21)17(23-4)19-11-18-16/h11H,5-10H2,1-4H3. The van der Waals surface area contributed by atoms with E-state index in [0.717, 1.165) is 56.0 Å². The third-order valence-corrected chi connectivity index (χ3v) is 4.58. The predicted molar refractivity (Wildman–Crippen MR) is 88.4 cm³/mol. The van der Waals surface area contributed by atoms with Gasteiger partial charge in [-0.3, -0.25) is 9.58 Å². The lowest BCUT2D eigenvalue weighted by Crippen LogP contribution is -2.31. The van der Waals surface area contributed by atoms with Crippen molar-refractivity contribution >= 4 is 0 Å². The van der Waals surface area contributed by atoms with Crippen molar-refractivity contribution in [1.82, 2.24) is 24.6 Å². The van der Waals surface area contributed by atoms with Gasteiger partial charge in [-0.1, -0.05) is 6.92 Å². The van der Waals surface area contributed by atoms with E-state index in [1.165, 1.54) is 11.3 Å². The normalized spacial score (nSPS) is 14.8. The fourth-order valence-corrected chi connectivity index (χ4v) is 3.30. The third-order valence-electron chi connectivity index (χ3n) is 4.58. The Bertz CT molecular complexity index is 680. The Hall–Kier alpha value is -1.95. The summed E-state index contributed by atoms with van der Waals surface area (Å²) in [4.78, 5) is 11.1. The minimum atomic E-state index is 0.704. The Morgan fingerprint density at radius 1 is 1.26 bits per heavy atom. The Kier molecular flexibility index (Phi) is 4.61. The fraction of sp³-hybridized carbons (Fsp3) is 0.588. The number of hydrogen-bond acceptors (Lipinski definition) is 5. The SMILES string of the molecule is CCCn1nc(C)c(CN2CCc3ncnc(OC)c3C2)c1C. The zero-order chi connectivity index (χ0) is 16.4. The minimum absolute atomic E-state index is 0.704. The van der Waals surface area contributed by atoms with Crippen LogP contribution in [-0.4, -0.2) is 38.3 Å². The van der Waals surface area contributed by atoms with Crippen molar-refractivity contribution in [3.8, 4) is 5.88 Å². The molecule has 0 radical (unpaired) electrons. The maximum atomic E-state index is 5.40. The molecule has 0 aliphatic carbocycles. The van der Waals surface area contributed by atoms with Crippen LogP contribution in [0.25, 0.3) is 0 Å². The van der Waals surface area contributed by atoms with Gasteiger partial charge in [0.25, 0.3) is 0 Å². The van der Waals surface area contributed by atoms with Crippen molar-refractivity contribution in [2.24, 2.45) is 0 Å². The highest BCUT2D eigenvalue weighted by molar-refractivity contribution is 5.32. The van der Waals surface area contributed by atoms with Crippen LogP contribution in [-0.2, 0) is 26.1 Å². The summed E-state index contributed by atoms with van der Waals surface area (Å²) >= 11 is 0. The molecule has 3 rings (SSSR count). The van der Waals surface area contributed by atoms with Crippen molar-refractivity contribution in [3.63, 3.8) is 0 Å². The molecule has 0 fully saturated rings. The Labute approximate surface area is 137 Å². The van der Waals surface area contributed by atoms with Crippen LogP contribution in [0.15, 0.2) is 6.33 Å². The van der Waals surface area contributed by atoms with Gasteiger partial charge in [-0.25, -0.2) is 9.97 Å². The fourth-order valence-electron chi connectivity index (χ4n) is 3.30. The molecule has 0 N–H and O–H groups in total. The molecule has 1 aliphatic rings. The number of ether oxygens (including phenoxy) is 1. The monoisotopic (exact) mass is 315 g/mol. The molecule has 0 saturated carbocycles. The topological polar surface area (TPSA) is 56.1 Å². The average Bonchev–Trinajstić information content (AvgIpc) is 2.82. The van der Waals surface area contributed by atoms with Crippen molar-refractivity contribution in [3.05, 3.63) is 34.5 Å². The van der Waals surface area contributed by atoms with Gasteiger partial charge in [0.05, 0.1) is 18.5 Å². The number of aryl methyl sites for hydroxylation is 2. The molecule has 0 amide bonds. The van der Waals surface area contributed by atoms with Gasteiger partial charge in [0.1, 0.15) is 6.33 Å². The Morgan fingerprint density at radius 3 is 2.83 bits per heavy atom. The summed E-state index contributed by atoms with van der Waals surface area (Å²) in [6, 6.07) is 0. The first-order chi connectivity index (χ1) is 11.1. The zero-order valence-corrected chi connectivity index (χ0v) is 14.5. The maximum absolute atomic E-state index is 5.40. The first kappa shape index (κ1) is 15.9. The van der Waals surface area contributed by atoms with Gasteiger partial charge in [0.15, 0.2) is 0 Å². The van der Waals surface area contributed by atoms with E-state index in [4.69, 9.17) is 4.74 Å². The molecule has 6 heteroatoms. The first-order valence-corrected chi connectivity index (χ1v) is 8.26. The molecule has 23 heavy (non-hydrogen) atoms. The highest BCUT2D eigenvalue weighted by Gasteiger charge is 2.23. The lowest BCUT2D eigenvalue weighted by molar-refractivity contribution is 0.235. The lowest BCUT2D eigenvalue weighted by atomic mass is 10.1. The summed E-state index contributed by atoms with van der Waals surface area (Å²) < 4.78 is 7.53. The third kappa shape index (κ3) is 3.08. The summed E-state index contributed by atoms with van der Waals surface area (Å²) in [6.07, 6.45) is 3.64. The molecule has 0 bridgehead atoms. The summed E-state index contributed by atoms with van der Waals surface area (Å²) in [7, 11) is 1.67. The molecule has 2 aromatic heterocycles. The Balaban J connectivity index is 1.80. The maximum Gasteiger partial charge on any atom is 0.220 e. The van der Waals surface area contributed by atoms with Crippen LogP contribution in [0.5, 0.6) is 5.88 Å². The van der Waals surface area contributed by atoms with E-state index in [-0.39, 0.29) is 0 Å². The highest BCUT2D eigenvalue weighted by Crippen LogP contribution is 2.26. The molecule has 6 nitrogen and oxygen atoms in total. The van der Waals surface area contributed by atoms with Gasteiger partial charge in [-0.05, 0) is 20.3 Å². The molecule has 3 heterocycles. The van der Waals surface area contributed by atoms with Gasteiger partial charge < -0.3 is 4.74 Å². The van der Waals surface area contributed by atoms with Crippen LogP contribution in [0.2, 0.25) is 0 Å². The van der Waals surface area contributed by atoms with E-state index < -0.39 is 0 Å². The van der Waals surface area contributed by atoms with E-state index in [2.05, 4.69) is 45.4 Å². The average molecular weight is 315 g/mol. The van der Waals surface area contributed by atoms with Crippen LogP contribution in [0.4, 0.5) is 0 Å². The van der Waals surface area contributed by atoms with Crippen molar-refractivity contribution in [2.45, 2.75) is 53.2 Å². The van der Waals surface area contributed by atoms with Crippen LogP contribution >= 0.6 is 0 Å². The Morgan fingerprint density at radius 2 is 2.09 bits per heavy atom. The van der Waals surface area contributed by atoms with Crippen molar-refractivity contribution in [1.29, 1.82) is 0 Å². The van der Waals surface area contributed by atoms with Crippen LogP contribution < -0.4 is 4.74 Å². The molecule has 1 aliphatic heterocycles. The predicted octanol–water partition coefficient (Wildman–Crippen LogP) is 2.27. The van der Waals surface area contributed by atoms with Gasteiger partial charge in [-0.2, -0.15) is 5.10 Å². The summed E-state index contributed by atoms with van der Waals surface area (Å²) in [5.74, 6) is 0.704. The van der Waals surface area contributed by atoms with E-state index >= 15 is 0 Å². The largest absolute Gasteiger partial charge is 0.481 e. The minimum Gasteiger partial charge on any atom is -0.481 e. The molecule has 0 aromatic carbocycles.